The van der Waals surface area contributed by atoms with Crippen LogP contribution in [-0.4, -0.2) is 9.91 Å². The minimum absolute atomic E-state index is 0.0921. The van der Waals surface area contributed by atoms with E-state index in [9.17, 15) is 10.1 Å². The SMILES string of the molecule is Cc1cc(CN)cnc1Oc1ccc([N+](=O)[O-])cc1Cl. The average Bonchev–Trinajstić information content (AvgIpc) is 2.42. The lowest BCUT2D eigenvalue weighted by molar-refractivity contribution is -0.384. The fourth-order valence-corrected chi connectivity index (χ4v) is 1.84. The van der Waals surface area contributed by atoms with Gasteiger partial charge in [0.2, 0.25) is 5.88 Å². The Labute approximate surface area is 120 Å². The predicted octanol–water partition coefficient (Wildman–Crippen LogP) is 3.20. The molecule has 20 heavy (non-hydrogen) atoms. The lowest BCUT2D eigenvalue weighted by Crippen LogP contribution is -1.99. The van der Waals surface area contributed by atoms with Gasteiger partial charge in [0.25, 0.3) is 5.69 Å². The zero-order chi connectivity index (χ0) is 14.7. The molecule has 6 nitrogen and oxygen atoms in total. The van der Waals surface area contributed by atoms with Crippen LogP contribution in [0.15, 0.2) is 30.5 Å². The van der Waals surface area contributed by atoms with E-state index in [2.05, 4.69) is 4.98 Å². The van der Waals surface area contributed by atoms with E-state index in [0.717, 1.165) is 11.1 Å². The van der Waals surface area contributed by atoms with Gasteiger partial charge in [0, 0.05) is 30.4 Å². The first-order chi connectivity index (χ1) is 9.51. The number of nitrogens with zero attached hydrogens (tertiary/aromatic N) is 2. The molecular formula is C13H12ClN3O3. The van der Waals surface area contributed by atoms with Gasteiger partial charge in [-0.2, -0.15) is 0 Å². The standard InChI is InChI=1S/C13H12ClN3O3/c1-8-4-9(6-15)7-16-13(8)20-12-3-2-10(17(18)19)5-11(12)14/h2-5,7H,6,15H2,1H3. The Morgan fingerprint density at radius 3 is 2.75 bits per heavy atom. The molecule has 0 saturated carbocycles. The van der Waals surface area contributed by atoms with Gasteiger partial charge in [-0.15, -0.1) is 0 Å². The molecule has 104 valence electrons. The first-order valence-electron chi connectivity index (χ1n) is 5.78. The summed E-state index contributed by atoms with van der Waals surface area (Å²) in [6.07, 6.45) is 1.61. The van der Waals surface area contributed by atoms with Crippen molar-refractivity contribution in [2.24, 2.45) is 5.73 Å². The number of nitro groups is 1. The van der Waals surface area contributed by atoms with Crippen LogP contribution in [0.25, 0.3) is 0 Å². The second kappa shape index (κ2) is 5.85. The molecule has 0 aliphatic heterocycles. The maximum absolute atomic E-state index is 10.6. The summed E-state index contributed by atoms with van der Waals surface area (Å²) in [6, 6.07) is 5.87. The Morgan fingerprint density at radius 2 is 2.20 bits per heavy atom. The first kappa shape index (κ1) is 14.2. The molecule has 2 N–H and O–H groups in total. The van der Waals surface area contributed by atoms with Gasteiger partial charge in [0.1, 0.15) is 5.75 Å². The van der Waals surface area contributed by atoms with E-state index in [-0.39, 0.29) is 10.7 Å². The number of aromatic nitrogens is 1. The van der Waals surface area contributed by atoms with Crippen molar-refractivity contribution in [1.29, 1.82) is 0 Å². The summed E-state index contributed by atoms with van der Waals surface area (Å²) >= 11 is 5.96. The van der Waals surface area contributed by atoms with E-state index in [4.69, 9.17) is 22.1 Å². The van der Waals surface area contributed by atoms with Gasteiger partial charge >= 0.3 is 0 Å². The van der Waals surface area contributed by atoms with Crippen molar-refractivity contribution >= 4 is 17.3 Å². The number of pyridine rings is 1. The highest BCUT2D eigenvalue weighted by atomic mass is 35.5. The van der Waals surface area contributed by atoms with Crippen LogP contribution in [-0.2, 0) is 6.54 Å². The van der Waals surface area contributed by atoms with E-state index in [0.29, 0.717) is 18.2 Å². The summed E-state index contributed by atoms with van der Waals surface area (Å²) in [6.45, 7) is 2.23. The number of hydrogen-bond donors (Lipinski definition) is 1. The number of nitro benzene ring substituents is 1. The Hall–Kier alpha value is -2.18. The Balaban J connectivity index is 2.28. The summed E-state index contributed by atoms with van der Waals surface area (Å²) in [5, 5.41) is 10.8. The maximum Gasteiger partial charge on any atom is 0.271 e. The number of non-ortho nitro benzene ring substituents is 1. The van der Waals surface area contributed by atoms with Crippen LogP contribution >= 0.6 is 11.6 Å². The smallest absolute Gasteiger partial charge is 0.271 e. The van der Waals surface area contributed by atoms with Gasteiger partial charge in [-0.3, -0.25) is 10.1 Å². The van der Waals surface area contributed by atoms with Crippen molar-refractivity contribution in [3.8, 4) is 11.6 Å². The quantitative estimate of drug-likeness (QED) is 0.690. The molecule has 1 aromatic carbocycles. The Bertz CT molecular complexity index is 661. The Morgan fingerprint density at radius 1 is 1.45 bits per heavy atom. The van der Waals surface area contributed by atoms with E-state index in [1.807, 2.05) is 13.0 Å². The molecule has 7 heteroatoms. The highest BCUT2D eigenvalue weighted by molar-refractivity contribution is 6.32. The summed E-state index contributed by atoms with van der Waals surface area (Å²) in [7, 11) is 0. The number of nitrogens with two attached hydrogens (primary N) is 1. The van der Waals surface area contributed by atoms with Gasteiger partial charge < -0.3 is 10.5 Å². The van der Waals surface area contributed by atoms with Crippen molar-refractivity contribution in [1.82, 2.24) is 4.98 Å². The summed E-state index contributed by atoms with van der Waals surface area (Å²) in [5.74, 6) is 0.700. The van der Waals surface area contributed by atoms with Crippen molar-refractivity contribution in [2.75, 3.05) is 0 Å². The first-order valence-corrected chi connectivity index (χ1v) is 6.16. The highest BCUT2D eigenvalue weighted by Crippen LogP contribution is 2.32. The third kappa shape index (κ3) is 3.04. The topological polar surface area (TPSA) is 91.3 Å². The van der Waals surface area contributed by atoms with Crippen molar-refractivity contribution < 1.29 is 9.66 Å². The fraction of sp³-hybridized carbons (Fsp3) is 0.154. The largest absolute Gasteiger partial charge is 0.437 e. The number of hydrogen-bond acceptors (Lipinski definition) is 5. The molecule has 0 bridgehead atoms. The van der Waals surface area contributed by atoms with Crippen LogP contribution in [0.4, 0.5) is 5.69 Å². The molecule has 2 rings (SSSR count). The summed E-state index contributed by atoms with van der Waals surface area (Å²) in [5.41, 5.74) is 7.13. The van der Waals surface area contributed by atoms with Gasteiger partial charge in [-0.1, -0.05) is 11.6 Å². The molecule has 0 aliphatic carbocycles. The molecule has 0 fully saturated rings. The molecule has 0 saturated heterocycles. The van der Waals surface area contributed by atoms with E-state index >= 15 is 0 Å². The molecule has 2 aromatic rings. The van der Waals surface area contributed by atoms with Crippen LogP contribution in [0.1, 0.15) is 11.1 Å². The zero-order valence-corrected chi connectivity index (χ0v) is 11.4. The normalized spacial score (nSPS) is 10.3. The highest BCUT2D eigenvalue weighted by Gasteiger charge is 2.12. The van der Waals surface area contributed by atoms with E-state index < -0.39 is 4.92 Å². The molecule has 0 atom stereocenters. The maximum atomic E-state index is 10.6. The monoisotopic (exact) mass is 293 g/mol. The van der Waals surface area contributed by atoms with Crippen molar-refractivity contribution in [2.45, 2.75) is 13.5 Å². The average molecular weight is 294 g/mol. The van der Waals surface area contributed by atoms with Crippen LogP contribution in [0.3, 0.4) is 0 Å². The van der Waals surface area contributed by atoms with Gasteiger partial charge in [-0.25, -0.2) is 4.98 Å². The second-order valence-corrected chi connectivity index (χ2v) is 4.55. The third-order valence-electron chi connectivity index (χ3n) is 2.66. The fourth-order valence-electron chi connectivity index (χ4n) is 1.63. The van der Waals surface area contributed by atoms with E-state index in [1.54, 1.807) is 6.20 Å². The minimum atomic E-state index is -0.519. The minimum Gasteiger partial charge on any atom is -0.437 e. The Kier molecular flexibility index (Phi) is 4.16. The predicted molar refractivity (Wildman–Crippen MR) is 75.0 cm³/mol. The van der Waals surface area contributed by atoms with Crippen LogP contribution in [0.5, 0.6) is 11.6 Å². The van der Waals surface area contributed by atoms with E-state index in [1.165, 1.54) is 18.2 Å². The van der Waals surface area contributed by atoms with Crippen molar-refractivity contribution in [3.05, 3.63) is 56.7 Å². The third-order valence-corrected chi connectivity index (χ3v) is 2.95. The van der Waals surface area contributed by atoms with Gasteiger partial charge in [0.15, 0.2) is 0 Å². The number of halogens is 1. The van der Waals surface area contributed by atoms with Crippen molar-refractivity contribution in [3.63, 3.8) is 0 Å². The molecule has 0 amide bonds. The van der Waals surface area contributed by atoms with Crippen LogP contribution < -0.4 is 10.5 Å². The number of benzene rings is 1. The van der Waals surface area contributed by atoms with Crippen LogP contribution in [0.2, 0.25) is 5.02 Å². The molecule has 0 spiro atoms. The lowest BCUT2D eigenvalue weighted by atomic mass is 10.2. The molecular weight excluding hydrogens is 282 g/mol. The lowest BCUT2D eigenvalue weighted by Gasteiger charge is -2.09. The van der Waals surface area contributed by atoms with Crippen LogP contribution in [0, 0.1) is 17.0 Å². The molecule has 0 aliphatic rings. The summed E-state index contributed by atoms with van der Waals surface area (Å²) in [4.78, 5) is 14.3. The molecule has 0 unspecified atom stereocenters. The second-order valence-electron chi connectivity index (χ2n) is 4.14. The molecule has 1 heterocycles. The molecule has 0 radical (unpaired) electrons. The summed E-state index contributed by atoms with van der Waals surface area (Å²) < 4.78 is 5.57. The number of rotatable bonds is 4. The zero-order valence-electron chi connectivity index (χ0n) is 10.7. The number of ether oxygens (including phenoxy) is 1. The molecule has 1 aromatic heterocycles. The number of aryl methyl sites for hydroxylation is 1. The van der Waals surface area contributed by atoms with Gasteiger partial charge in [0.05, 0.1) is 9.95 Å². The van der Waals surface area contributed by atoms with Gasteiger partial charge in [-0.05, 0) is 24.6 Å².